The van der Waals surface area contributed by atoms with Gasteiger partial charge >= 0.3 is 0 Å². The van der Waals surface area contributed by atoms with Crippen LogP contribution in [0.3, 0.4) is 0 Å². The van der Waals surface area contributed by atoms with E-state index in [0.717, 1.165) is 43.3 Å². The van der Waals surface area contributed by atoms with Gasteiger partial charge in [-0.2, -0.15) is 0 Å². The molecule has 0 amide bonds. The van der Waals surface area contributed by atoms with Gasteiger partial charge in [0.25, 0.3) is 0 Å². The van der Waals surface area contributed by atoms with E-state index in [0.29, 0.717) is 39.3 Å². The van der Waals surface area contributed by atoms with E-state index in [1.807, 2.05) is 37.3 Å². The number of methoxy groups -OCH3 is 1. The van der Waals surface area contributed by atoms with Gasteiger partial charge in [0.2, 0.25) is 0 Å². The number of hydrogen-bond donors (Lipinski definition) is 0. The first-order valence-electron chi connectivity index (χ1n) is 13.3. The minimum atomic E-state index is -0.766. The third-order valence-corrected chi connectivity index (χ3v) is 9.51. The zero-order valence-electron chi connectivity index (χ0n) is 22.3. The Morgan fingerprint density at radius 2 is 1.89 bits per heavy atom. The summed E-state index contributed by atoms with van der Waals surface area (Å²) in [6.45, 7) is 12.3. The molecule has 198 valence electrons. The molecule has 1 spiro atoms. The number of ether oxygens (including phenoxy) is 4. The monoisotopic (exact) mass is 498 g/mol. The van der Waals surface area contributed by atoms with E-state index >= 15 is 0 Å². The topological polar surface area (TPSA) is 71.1 Å². The van der Waals surface area contributed by atoms with Gasteiger partial charge in [-0.25, -0.2) is 0 Å². The molecule has 3 fully saturated rings. The van der Waals surface area contributed by atoms with Crippen molar-refractivity contribution in [2.75, 3.05) is 26.9 Å². The Bertz CT molecular complexity index is 951. The molecule has 1 aromatic rings. The average Bonchev–Trinajstić information content (AvgIpc) is 3.48. The second-order valence-electron chi connectivity index (χ2n) is 11.7. The van der Waals surface area contributed by atoms with Crippen molar-refractivity contribution in [1.82, 2.24) is 0 Å². The fourth-order valence-electron chi connectivity index (χ4n) is 7.20. The highest BCUT2D eigenvalue weighted by Gasteiger charge is 2.70. The molecule has 5 atom stereocenters. The lowest BCUT2D eigenvalue weighted by atomic mass is 9.49. The van der Waals surface area contributed by atoms with Crippen LogP contribution in [0.1, 0.15) is 64.9 Å². The summed E-state index contributed by atoms with van der Waals surface area (Å²) < 4.78 is 23.9. The molecule has 6 heteroatoms. The number of carbonyl (C=O) groups is 2. The van der Waals surface area contributed by atoms with Gasteiger partial charge in [-0.05, 0) is 48.3 Å². The van der Waals surface area contributed by atoms with Crippen molar-refractivity contribution >= 4 is 12.1 Å². The summed E-state index contributed by atoms with van der Waals surface area (Å²) in [4.78, 5) is 26.1. The van der Waals surface area contributed by atoms with Crippen LogP contribution in [0, 0.1) is 28.1 Å². The molecular formula is C30H42O6. The van der Waals surface area contributed by atoms with Crippen LogP contribution in [0.2, 0.25) is 0 Å². The SMILES string of the molecule is C=C[C@](C)(COCc1ccc(OC)cc1)CC(=O)[C@@]1(C)C2C3(CC[C@]2(CC=O)CC[C@H]1C)OCCO3. The molecule has 3 aliphatic rings. The van der Waals surface area contributed by atoms with Crippen molar-refractivity contribution in [1.29, 1.82) is 0 Å². The van der Waals surface area contributed by atoms with Crippen molar-refractivity contribution in [3.8, 4) is 5.75 Å². The van der Waals surface area contributed by atoms with Crippen LogP contribution in [0.5, 0.6) is 5.75 Å². The predicted molar refractivity (Wildman–Crippen MR) is 138 cm³/mol. The molecule has 6 nitrogen and oxygen atoms in total. The lowest BCUT2D eigenvalue weighted by Gasteiger charge is -2.56. The molecule has 0 N–H and O–H groups in total. The average molecular weight is 499 g/mol. The molecule has 0 aromatic heterocycles. The number of fused-ring (bicyclic) bond motifs is 2. The molecule has 2 aliphatic carbocycles. The summed E-state index contributed by atoms with van der Waals surface area (Å²) in [6, 6.07) is 7.79. The number of hydrogen-bond acceptors (Lipinski definition) is 6. The minimum absolute atomic E-state index is 0.143. The second kappa shape index (κ2) is 10.4. The summed E-state index contributed by atoms with van der Waals surface area (Å²) >= 11 is 0. The predicted octanol–water partition coefficient (Wildman–Crippen LogP) is 5.53. The number of carbonyl (C=O) groups excluding carboxylic acids is 2. The maximum absolute atomic E-state index is 14.3. The summed E-state index contributed by atoms with van der Waals surface area (Å²) in [7, 11) is 1.65. The van der Waals surface area contributed by atoms with Crippen molar-refractivity contribution in [3.05, 3.63) is 42.5 Å². The van der Waals surface area contributed by atoms with Crippen molar-refractivity contribution < 1.29 is 28.5 Å². The molecule has 2 saturated carbocycles. The minimum Gasteiger partial charge on any atom is -0.497 e. The zero-order chi connectivity index (χ0) is 26.0. The van der Waals surface area contributed by atoms with Gasteiger partial charge < -0.3 is 23.7 Å². The van der Waals surface area contributed by atoms with Crippen LogP contribution >= 0.6 is 0 Å². The number of benzene rings is 1. The van der Waals surface area contributed by atoms with E-state index in [-0.39, 0.29) is 23.0 Å². The van der Waals surface area contributed by atoms with E-state index in [1.54, 1.807) is 7.11 Å². The largest absolute Gasteiger partial charge is 0.497 e. The van der Waals surface area contributed by atoms with Crippen LogP contribution in [0.15, 0.2) is 36.9 Å². The van der Waals surface area contributed by atoms with Gasteiger partial charge in [0, 0.05) is 36.0 Å². The summed E-state index contributed by atoms with van der Waals surface area (Å²) in [5, 5.41) is 0. The Hall–Kier alpha value is -2.02. The standard InChI is InChI=1S/C30H42O6/c1-6-27(3,21-34-20-23-7-9-24(33-5)10-8-23)19-25(32)28(4)22(2)11-12-29(15-16-31)13-14-30(26(28)29)35-17-18-36-30/h6-10,16,22,26H,1,11-15,17-21H2,2-5H3/t22-,26?,27+,28+,29+/m1/s1. The Morgan fingerprint density at radius 1 is 1.19 bits per heavy atom. The van der Waals surface area contributed by atoms with Gasteiger partial charge in [-0.1, -0.05) is 39.0 Å². The van der Waals surface area contributed by atoms with Crippen LogP contribution in [-0.4, -0.2) is 44.8 Å². The first-order valence-corrected chi connectivity index (χ1v) is 13.3. The fourth-order valence-corrected chi connectivity index (χ4v) is 7.20. The van der Waals surface area contributed by atoms with Gasteiger partial charge in [-0.15, -0.1) is 6.58 Å². The Labute approximate surface area is 215 Å². The molecule has 0 bridgehead atoms. The van der Waals surface area contributed by atoms with Crippen LogP contribution in [0.25, 0.3) is 0 Å². The molecule has 1 heterocycles. The molecule has 1 unspecified atom stereocenters. The number of rotatable bonds is 11. The zero-order valence-corrected chi connectivity index (χ0v) is 22.3. The highest BCUT2D eigenvalue weighted by atomic mass is 16.7. The second-order valence-corrected chi connectivity index (χ2v) is 11.7. The summed E-state index contributed by atoms with van der Waals surface area (Å²) in [6.07, 6.45) is 7.10. The maximum atomic E-state index is 14.3. The highest BCUT2D eigenvalue weighted by Crippen LogP contribution is 2.68. The van der Waals surface area contributed by atoms with E-state index in [1.165, 1.54) is 0 Å². The van der Waals surface area contributed by atoms with Gasteiger partial charge in [0.15, 0.2) is 5.79 Å². The Morgan fingerprint density at radius 3 is 2.50 bits per heavy atom. The number of aldehydes is 1. The highest BCUT2D eigenvalue weighted by molar-refractivity contribution is 5.86. The third-order valence-electron chi connectivity index (χ3n) is 9.51. The molecule has 1 aromatic carbocycles. The van der Waals surface area contributed by atoms with Crippen molar-refractivity contribution in [2.45, 2.75) is 71.7 Å². The molecular weight excluding hydrogens is 456 g/mol. The lowest BCUT2D eigenvalue weighted by Crippen LogP contribution is -2.59. The molecule has 36 heavy (non-hydrogen) atoms. The van der Waals surface area contributed by atoms with Crippen molar-refractivity contribution in [3.63, 3.8) is 0 Å². The van der Waals surface area contributed by atoms with Gasteiger partial charge in [-0.3, -0.25) is 4.79 Å². The quantitative estimate of drug-likeness (QED) is 0.295. The van der Waals surface area contributed by atoms with Crippen LogP contribution in [0.4, 0.5) is 0 Å². The first kappa shape index (κ1) is 27.0. The number of Topliss-reactive ketones (excluding diaryl/α,β-unsaturated/α-hetero) is 1. The molecule has 0 radical (unpaired) electrons. The third kappa shape index (κ3) is 4.68. The van der Waals surface area contributed by atoms with Gasteiger partial charge in [0.1, 0.15) is 17.8 Å². The lowest BCUT2D eigenvalue weighted by molar-refractivity contribution is -0.239. The molecule has 1 aliphatic heterocycles. The smallest absolute Gasteiger partial charge is 0.172 e. The van der Waals surface area contributed by atoms with E-state index < -0.39 is 16.6 Å². The first-order chi connectivity index (χ1) is 17.2. The fraction of sp³-hybridized carbons (Fsp3) is 0.667. The Kier molecular flexibility index (Phi) is 7.80. The summed E-state index contributed by atoms with van der Waals surface area (Å²) in [5.74, 6) is 0.242. The van der Waals surface area contributed by atoms with E-state index in [2.05, 4.69) is 20.4 Å². The molecule has 1 saturated heterocycles. The molecule has 4 rings (SSSR count). The Balaban J connectivity index is 1.53. The summed E-state index contributed by atoms with van der Waals surface area (Å²) in [5.41, 5.74) is -0.385. The van der Waals surface area contributed by atoms with Crippen LogP contribution in [-0.2, 0) is 30.4 Å². The number of ketones is 1. The van der Waals surface area contributed by atoms with Crippen LogP contribution < -0.4 is 4.74 Å². The van der Waals surface area contributed by atoms with Gasteiger partial charge in [0.05, 0.1) is 33.5 Å². The maximum Gasteiger partial charge on any atom is 0.172 e. The normalized spacial score (nSPS) is 32.6. The van der Waals surface area contributed by atoms with E-state index in [4.69, 9.17) is 18.9 Å². The van der Waals surface area contributed by atoms with E-state index in [9.17, 15) is 9.59 Å². The van der Waals surface area contributed by atoms with Crippen molar-refractivity contribution in [2.24, 2.45) is 28.1 Å².